The number of amides is 3. The van der Waals surface area contributed by atoms with E-state index in [2.05, 4.69) is 10.3 Å². The van der Waals surface area contributed by atoms with E-state index in [4.69, 9.17) is 11.6 Å². The predicted molar refractivity (Wildman–Crippen MR) is 86.0 cm³/mol. The fraction of sp³-hybridized carbons (Fsp3) is 0.235. The lowest BCUT2D eigenvalue weighted by Gasteiger charge is -2.12. The van der Waals surface area contributed by atoms with Gasteiger partial charge in [0.15, 0.2) is 0 Å². The van der Waals surface area contributed by atoms with Gasteiger partial charge in [-0.3, -0.25) is 14.7 Å². The first kappa shape index (κ1) is 15.1. The maximum Gasteiger partial charge on any atom is 0.324 e. The molecule has 4 rings (SSSR count). The van der Waals surface area contributed by atoms with Gasteiger partial charge in [0, 0.05) is 23.7 Å². The zero-order valence-electron chi connectivity index (χ0n) is 12.5. The van der Waals surface area contributed by atoms with Gasteiger partial charge in [0.1, 0.15) is 5.82 Å². The maximum absolute atomic E-state index is 13.5. The summed E-state index contributed by atoms with van der Waals surface area (Å²) in [6, 6.07) is 7.83. The number of urea groups is 1. The Hall–Kier alpha value is -2.47. The average molecular weight is 346 g/mol. The van der Waals surface area contributed by atoms with Gasteiger partial charge in [0.05, 0.1) is 17.3 Å². The van der Waals surface area contributed by atoms with Gasteiger partial charge in [-0.15, -0.1) is 0 Å². The van der Waals surface area contributed by atoms with Gasteiger partial charge in [-0.2, -0.15) is 0 Å². The topological polar surface area (TPSA) is 62.3 Å². The summed E-state index contributed by atoms with van der Waals surface area (Å²) in [5.41, 5.74) is 2.25. The first-order valence-corrected chi connectivity index (χ1v) is 7.93. The van der Waals surface area contributed by atoms with Crippen molar-refractivity contribution in [2.75, 3.05) is 6.54 Å². The van der Waals surface area contributed by atoms with Gasteiger partial charge in [-0.25, -0.2) is 9.18 Å². The highest BCUT2D eigenvalue weighted by molar-refractivity contribution is 6.30. The highest BCUT2D eigenvalue weighted by atomic mass is 35.5. The Kier molecular flexibility index (Phi) is 3.49. The van der Waals surface area contributed by atoms with Crippen molar-refractivity contribution in [2.45, 2.75) is 18.4 Å². The molecule has 1 aliphatic heterocycles. The van der Waals surface area contributed by atoms with E-state index in [1.54, 1.807) is 18.3 Å². The highest BCUT2D eigenvalue weighted by Crippen LogP contribution is 2.45. The monoisotopic (exact) mass is 345 g/mol. The molecule has 5 nitrogen and oxygen atoms in total. The number of imide groups is 1. The molecule has 2 unspecified atom stereocenters. The summed E-state index contributed by atoms with van der Waals surface area (Å²) in [6.07, 6.45) is 2.46. The number of pyridine rings is 1. The second-order valence-electron chi connectivity index (χ2n) is 5.94. The molecule has 0 bridgehead atoms. The van der Waals surface area contributed by atoms with Crippen molar-refractivity contribution in [1.82, 2.24) is 15.2 Å². The first-order chi connectivity index (χ1) is 11.5. The molecule has 2 aliphatic rings. The van der Waals surface area contributed by atoms with Gasteiger partial charge in [-0.1, -0.05) is 23.7 Å². The average Bonchev–Trinajstić information content (AvgIpc) is 3.29. The van der Waals surface area contributed by atoms with E-state index in [-0.39, 0.29) is 35.5 Å². The van der Waals surface area contributed by atoms with Gasteiger partial charge < -0.3 is 5.32 Å². The van der Waals surface area contributed by atoms with Crippen LogP contribution in [-0.4, -0.2) is 34.4 Å². The van der Waals surface area contributed by atoms with Crippen LogP contribution in [-0.2, 0) is 4.79 Å². The van der Waals surface area contributed by atoms with Crippen LogP contribution in [0, 0.1) is 5.82 Å². The normalized spacial score (nSPS) is 22.7. The molecule has 24 heavy (non-hydrogen) atoms. The molecule has 1 N–H and O–H groups in total. The molecule has 1 aromatic carbocycles. The molecule has 1 saturated carbocycles. The number of aromatic nitrogens is 1. The van der Waals surface area contributed by atoms with Crippen LogP contribution in [0.25, 0.3) is 11.3 Å². The Morgan fingerprint density at radius 1 is 1.25 bits per heavy atom. The van der Waals surface area contributed by atoms with Crippen molar-refractivity contribution in [3.63, 3.8) is 0 Å². The number of benzene rings is 1. The third-order valence-electron chi connectivity index (χ3n) is 4.40. The summed E-state index contributed by atoms with van der Waals surface area (Å²) in [5.74, 6) is -0.559. The van der Waals surface area contributed by atoms with Crippen LogP contribution in [0.15, 0.2) is 36.5 Å². The minimum atomic E-state index is -0.485. The largest absolute Gasteiger partial charge is 0.329 e. The van der Waals surface area contributed by atoms with E-state index in [0.717, 1.165) is 12.0 Å². The van der Waals surface area contributed by atoms with Crippen molar-refractivity contribution in [2.24, 2.45) is 0 Å². The SMILES string of the molecule is O=C1CNC(=O)N1C1CC1c1ccc(-c2ccc(Cl)c(F)c2)nc1. The summed E-state index contributed by atoms with van der Waals surface area (Å²) in [5, 5.41) is 2.60. The predicted octanol–water partition coefficient (Wildman–Crippen LogP) is 2.95. The molecule has 2 atom stereocenters. The Balaban J connectivity index is 1.52. The standard InChI is InChI=1S/C17H13ClFN3O2/c18-12-3-1-9(5-13(12)19)14-4-2-10(7-20-14)11-6-15(11)22-16(23)8-21-17(22)24/h1-5,7,11,15H,6,8H2,(H,21,24). The third kappa shape index (κ3) is 2.53. The number of nitrogens with one attached hydrogen (secondary N) is 1. The number of hydrogen-bond acceptors (Lipinski definition) is 3. The van der Waals surface area contributed by atoms with Crippen LogP contribution in [0.5, 0.6) is 0 Å². The number of carbonyl (C=O) groups excluding carboxylic acids is 2. The van der Waals surface area contributed by atoms with Gasteiger partial charge in [-0.05, 0) is 30.2 Å². The van der Waals surface area contributed by atoms with Crippen molar-refractivity contribution < 1.29 is 14.0 Å². The lowest BCUT2D eigenvalue weighted by Crippen LogP contribution is -2.33. The Morgan fingerprint density at radius 3 is 2.71 bits per heavy atom. The second-order valence-corrected chi connectivity index (χ2v) is 6.34. The quantitative estimate of drug-likeness (QED) is 0.870. The van der Waals surface area contributed by atoms with Crippen molar-refractivity contribution in [3.05, 3.63) is 52.9 Å². The third-order valence-corrected chi connectivity index (χ3v) is 4.70. The summed E-state index contributed by atoms with van der Waals surface area (Å²) < 4.78 is 13.5. The van der Waals surface area contributed by atoms with E-state index >= 15 is 0 Å². The van der Waals surface area contributed by atoms with Crippen LogP contribution in [0.2, 0.25) is 5.02 Å². The summed E-state index contributed by atoms with van der Waals surface area (Å²) in [6.45, 7) is 0.0708. The molecule has 0 radical (unpaired) electrons. The molecule has 122 valence electrons. The smallest absolute Gasteiger partial charge is 0.324 e. The van der Waals surface area contributed by atoms with Crippen molar-refractivity contribution in [1.29, 1.82) is 0 Å². The Labute approximate surface area is 142 Å². The minimum absolute atomic E-state index is 0.0708. The fourth-order valence-electron chi connectivity index (χ4n) is 3.05. The molecule has 1 saturated heterocycles. The summed E-state index contributed by atoms with van der Waals surface area (Å²) in [7, 11) is 0. The van der Waals surface area contributed by atoms with Crippen LogP contribution in [0.3, 0.4) is 0 Å². The highest BCUT2D eigenvalue weighted by Gasteiger charge is 2.49. The first-order valence-electron chi connectivity index (χ1n) is 7.56. The molecular weight excluding hydrogens is 333 g/mol. The van der Waals surface area contributed by atoms with Crippen molar-refractivity contribution >= 4 is 23.5 Å². The van der Waals surface area contributed by atoms with Crippen LogP contribution >= 0.6 is 11.6 Å². The zero-order chi connectivity index (χ0) is 16.8. The van der Waals surface area contributed by atoms with Crippen LogP contribution in [0.1, 0.15) is 17.9 Å². The summed E-state index contributed by atoms with van der Waals surface area (Å²) >= 11 is 5.68. The molecule has 0 spiro atoms. The van der Waals surface area contributed by atoms with E-state index in [1.807, 2.05) is 6.07 Å². The minimum Gasteiger partial charge on any atom is -0.329 e. The lowest BCUT2D eigenvalue weighted by molar-refractivity contribution is -0.125. The number of hydrogen-bond donors (Lipinski definition) is 1. The Bertz CT molecular complexity index is 824. The van der Waals surface area contributed by atoms with Gasteiger partial charge in [0.2, 0.25) is 5.91 Å². The van der Waals surface area contributed by atoms with Crippen LogP contribution < -0.4 is 5.32 Å². The molecular formula is C17H13ClFN3O2. The number of carbonyl (C=O) groups is 2. The molecule has 3 amide bonds. The van der Waals surface area contributed by atoms with E-state index in [0.29, 0.717) is 11.3 Å². The molecule has 2 heterocycles. The maximum atomic E-state index is 13.5. The molecule has 2 aromatic rings. The van der Waals surface area contributed by atoms with Crippen LogP contribution in [0.4, 0.5) is 9.18 Å². The second kappa shape index (κ2) is 5.56. The molecule has 7 heteroatoms. The summed E-state index contributed by atoms with van der Waals surface area (Å²) in [4.78, 5) is 29.1. The number of rotatable bonds is 3. The Morgan fingerprint density at radius 2 is 2.08 bits per heavy atom. The van der Waals surface area contributed by atoms with Gasteiger partial charge in [0.25, 0.3) is 0 Å². The lowest BCUT2D eigenvalue weighted by atomic mass is 10.1. The number of halogens is 2. The fourth-order valence-corrected chi connectivity index (χ4v) is 3.16. The molecule has 1 aromatic heterocycles. The molecule has 1 aliphatic carbocycles. The van der Waals surface area contributed by atoms with E-state index in [9.17, 15) is 14.0 Å². The van der Waals surface area contributed by atoms with Gasteiger partial charge >= 0.3 is 6.03 Å². The number of nitrogens with zero attached hydrogens (tertiary/aromatic N) is 2. The van der Waals surface area contributed by atoms with Crippen molar-refractivity contribution in [3.8, 4) is 11.3 Å². The van der Waals surface area contributed by atoms with E-state index < -0.39 is 5.82 Å². The zero-order valence-corrected chi connectivity index (χ0v) is 13.3. The van der Waals surface area contributed by atoms with E-state index in [1.165, 1.54) is 17.0 Å². The molecule has 2 fully saturated rings.